The zero-order chi connectivity index (χ0) is 7.56. The molecule has 0 aromatic carbocycles. The number of hydrogen-bond acceptors (Lipinski definition) is 3. The minimum atomic E-state index is 0.00954. The van der Waals surface area contributed by atoms with Gasteiger partial charge in [-0.1, -0.05) is 5.16 Å². The molecular formula is C5H8ClN3O. The van der Waals surface area contributed by atoms with E-state index in [-0.39, 0.29) is 11.2 Å². The van der Waals surface area contributed by atoms with Gasteiger partial charge in [-0.05, 0) is 0 Å². The molecule has 0 saturated heterocycles. The quantitative estimate of drug-likeness (QED) is 0.189. The van der Waals surface area contributed by atoms with E-state index in [9.17, 15) is 0 Å². The van der Waals surface area contributed by atoms with Gasteiger partial charge in [-0.2, -0.15) is 0 Å². The number of alkyl halides is 1. The fourth-order valence-electron chi connectivity index (χ4n) is 0.791. The first-order valence-electron chi connectivity index (χ1n) is 2.89. The Kier molecular flexibility index (Phi) is 2.11. The van der Waals surface area contributed by atoms with Crippen LogP contribution in [-0.4, -0.2) is 28.7 Å². The predicted octanol–water partition coefficient (Wildman–Crippen LogP) is 0.185. The Bertz CT molecular complexity index is 189. The number of nitrogens with two attached hydrogens (primary N) is 1. The van der Waals surface area contributed by atoms with Crippen molar-refractivity contribution in [2.24, 2.45) is 15.9 Å². The first kappa shape index (κ1) is 7.34. The highest BCUT2D eigenvalue weighted by Crippen LogP contribution is 2.11. The molecule has 1 unspecified atom stereocenters. The van der Waals surface area contributed by atoms with Gasteiger partial charge in [0.1, 0.15) is 0 Å². The average Bonchev–Trinajstić information content (AvgIpc) is 2.34. The Hall–Kier alpha value is -0.770. The number of rotatable bonds is 1. The minimum Gasteiger partial charge on any atom is -0.409 e. The molecule has 0 amide bonds. The number of nitrogens with zero attached hydrogens (tertiary/aromatic N) is 2. The van der Waals surface area contributed by atoms with Crippen molar-refractivity contribution in [1.82, 2.24) is 0 Å². The molecule has 1 rings (SSSR count). The molecule has 0 aromatic heterocycles. The largest absolute Gasteiger partial charge is 0.409 e. The van der Waals surface area contributed by atoms with Crippen molar-refractivity contribution in [2.75, 3.05) is 6.54 Å². The van der Waals surface area contributed by atoms with Crippen molar-refractivity contribution in [3.63, 3.8) is 0 Å². The van der Waals surface area contributed by atoms with Crippen molar-refractivity contribution in [1.29, 1.82) is 0 Å². The summed E-state index contributed by atoms with van der Waals surface area (Å²) in [6.07, 6.45) is 0.595. The van der Waals surface area contributed by atoms with Gasteiger partial charge >= 0.3 is 0 Å². The standard InChI is InChI=1S/C5H8ClN3O/c6-3-1-4(8-2-3)5(7)9-10/h3,10H,1-2H2,(H2,7,9). The molecule has 0 saturated carbocycles. The molecule has 1 atom stereocenters. The first-order valence-corrected chi connectivity index (χ1v) is 3.33. The van der Waals surface area contributed by atoms with Crippen molar-refractivity contribution in [3.8, 4) is 0 Å². The number of oxime groups is 1. The highest BCUT2D eigenvalue weighted by Gasteiger charge is 2.18. The zero-order valence-electron chi connectivity index (χ0n) is 5.29. The van der Waals surface area contributed by atoms with E-state index >= 15 is 0 Å². The van der Waals surface area contributed by atoms with Gasteiger partial charge in [-0.15, -0.1) is 11.6 Å². The third-order valence-electron chi connectivity index (χ3n) is 1.30. The maximum atomic E-state index is 8.22. The van der Waals surface area contributed by atoms with Crippen LogP contribution in [-0.2, 0) is 0 Å². The molecule has 0 spiro atoms. The Morgan fingerprint density at radius 2 is 2.60 bits per heavy atom. The molecule has 1 aliphatic rings. The van der Waals surface area contributed by atoms with Crippen LogP contribution in [0, 0.1) is 0 Å². The van der Waals surface area contributed by atoms with Crippen molar-refractivity contribution >= 4 is 23.1 Å². The van der Waals surface area contributed by atoms with E-state index in [1.165, 1.54) is 0 Å². The van der Waals surface area contributed by atoms with Crippen LogP contribution in [0.4, 0.5) is 0 Å². The van der Waals surface area contributed by atoms with Crippen LogP contribution in [0.1, 0.15) is 6.42 Å². The monoisotopic (exact) mass is 161 g/mol. The topological polar surface area (TPSA) is 71.0 Å². The molecule has 0 fully saturated rings. The van der Waals surface area contributed by atoms with Crippen molar-refractivity contribution in [2.45, 2.75) is 11.8 Å². The molecule has 0 aliphatic carbocycles. The van der Waals surface area contributed by atoms with Crippen LogP contribution in [0.5, 0.6) is 0 Å². The number of amidine groups is 1. The molecule has 0 bridgehead atoms. The lowest BCUT2D eigenvalue weighted by atomic mass is 10.2. The fraction of sp³-hybridized carbons (Fsp3) is 0.600. The molecule has 1 aliphatic heterocycles. The van der Waals surface area contributed by atoms with Crippen LogP contribution in [0.3, 0.4) is 0 Å². The third-order valence-corrected chi connectivity index (χ3v) is 1.59. The molecule has 0 aromatic rings. The molecule has 10 heavy (non-hydrogen) atoms. The molecule has 5 heteroatoms. The van der Waals surface area contributed by atoms with Crippen LogP contribution in [0.15, 0.2) is 10.1 Å². The molecule has 56 valence electrons. The van der Waals surface area contributed by atoms with Gasteiger partial charge in [0.25, 0.3) is 0 Å². The van der Waals surface area contributed by atoms with Gasteiger partial charge in [0.05, 0.1) is 17.6 Å². The SMILES string of the molecule is NC(=NO)C1=NCC(Cl)C1. The number of hydrogen-bond donors (Lipinski definition) is 2. The summed E-state index contributed by atoms with van der Waals surface area (Å²) in [5.41, 5.74) is 5.85. The van der Waals surface area contributed by atoms with E-state index in [0.29, 0.717) is 18.7 Å². The molecule has 0 radical (unpaired) electrons. The second-order valence-corrected chi connectivity index (χ2v) is 2.69. The summed E-state index contributed by atoms with van der Waals surface area (Å²) in [6, 6.07) is 0. The highest BCUT2D eigenvalue weighted by atomic mass is 35.5. The normalized spacial score (nSPS) is 26.7. The van der Waals surface area contributed by atoms with Crippen molar-refractivity contribution < 1.29 is 5.21 Å². The zero-order valence-corrected chi connectivity index (χ0v) is 6.04. The summed E-state index contributed by atoms with van der Waals surface area (Å²) in [5, 5.41) is 11.0. The minimum absolute atomic E-state index is 0.00954. The van der Waals surface area contributed by atoms with Gasteiger partial charge in [-0.3, -0.25) is 4.99 Å². The summed E-state index contributed by atoms with van der Waals surface area (Å²) in [7, 11) is 0. The lowest BCUT2D eigenvalue weighted by Crippen LogP contribution is -2.22. The lowest BCUT2D eigenvalue weighted by Gasteiger charge is -1.95. The van der Waals surface area contributed by atoms with Gasteiger partial charge in [-0.25, -0.2) is 0 Å². The summed E-state index contributed by atoms with van der Waals surface area (Å²) < 4.78 is 0. The lowest BCUT2D eigenvalue weighted by molar-refractivity contribution is 0.319. The first-order chi connectivity index (χ1) is 4.74. The number of aliphatic imine (C=N–C) groups is 1. The Balaban J connectivity index is 2.60. The highest BCUT2D eigenvalue weighted by molar-refractivity contribution is 6.43. The van der Waals surface area contributed by atoms with Gasteiger partial charge in [0.2, 0.25) is 0 Å². The van der Waals surface area contributed by atoms with Crippen LogP contribution >= 0.6 is 11.6 Å². The summed E-state index contributed by atoms with van der Waals surface area (Å²) in [6.45, 7) is 0.563. The van der Waals surface area contributed by atoms with E-state index in [1.807, 2.05) is 0 Å². The Labute approximate surface area is 63.4 Å². The Morgan fingerprint density at radius 1 is 1.90 bits per heavy atom. The van der Waals surface area contributed by atoms with E-state index < -0.39 is 0 Å². The summed E-state index contributed by atoms with van der Waals surface area (Å²) >= 11 is 5.70. The predicted molar refractivity (Wildman–Crippen MR) is 40.0 cm³/mol. The van der Waals surface area contributed by atoms with Gasteiger partial charge in [0.15, 0.2) is 5.84 Å². The smallest absolute Gasteiger partial charge is 0.184 e. The van der Waals surface area contributed by atoms with Crippen LogP contribution in [0.2, 0.25) is 0 Å². The Morgan fingerprint density at radius 3 is 3.00 bits per heavy atom. The fourth-order valence-corrected chi connectivity index (χ4v) is 1.01. The van der Waals surface area contributed by atoms with Crippen LogP contribution < -0.4 is 5.73 Å². The maximum absolute atomic E-state index is 8.22. The molecule has 4 nitrogen and oxygen atoms in total. The van der Waals surface area contributed by atoms with Crippen LogP contribution in [0.25, 0.3) is 0 Å². The number of halogens is 1. The van der Waals surface area contributed by atoms with E-state index in [1.54, 1.807) is 0 Å². The van der Waals surface area contributed by atoms with Crippen molar-refractivity contribution in [3.05, 3.63) is 0 Å². The van der Waals surface area contributed by atoms with E-state index in [4.69, 9.17) is 22.5 Å². The second-order valence-electron chi connectivity index (χ2n) is 2.07. The molecule has 1 heterocycles. The third kappa shape index (κ3) is 1.39. The van der Waals surface area contributed by atoms with Gasteiger partial charge in [0, 0.05) is 6.42 Å². The second kappa shape index (κ2) is 2.88. The van der Waals surface area contributed by atoms with E-state index in [0.717, 1.165) is 0 Å². The average molecular weight is 162 g/mol. The molecular weight excluding hydrogens is 154 g/mol. The summed E-state index contributed by atoms with van der Waals surface area (Å²) in [5.74, 6) is 0.0724. The summed E-state index contributed by atoms with van der Waals surface area (Å²) in [4.78, 5) is 3.96. The van der Waals surface area contributed by atoms with E-state index in [2.05, 4.69) is 10.1 Å². The maximum Gasteiger partial charge on any atom is 0.184 e. The molecule has 3 N–H and O–H groups in total. The van der Waals surface area contributed by atoms with Gasteiger partial charge < -0.3 is 10.9 Å².